The fraction of sp³-hybridized carbons (Fsp3) is 0. The standard InChI is InChI=1S/C15H10O5.Na.2H2O/c16-9-3-1-8(2-4-9)11-7-20-13-6-10(17)5-12(18)14(13)15(11)19;;;/h1-7,16-18H;;2*1H2/q;+1;;. The van der Waals surface area contributed by atoms with Crippen LogP contribution >= 0.6 is 0 Å². The van der Waals surface area contributed by atoms with Gasteiger partial charge in [-0.15, -0.1) is 0 Å². The Morgan fingerprint density at radius 3 is 2.09 bits per heavy atom. The van der Waals surface area contributed by atoms with E-state index in [1.165, 1.54) is 24.5 Å². The fourth-order valence-electron chi connectivity index (χ4n) is 2.06. The van der Waals surface area contributed by atoms with E-state index in [-0.39, 0.29) is 74.3 Å². The molecule has 7 nitrogen and oxygen atoms in total. The molecule has 7 N–H and O–H groups in total. The van der Waals surface area contributed by atoms with Crippen molar-refractivity contribution in [2.75, 3.05) is 0 Å². The average Bonchev–Trinajstić information content (AvgIpc) is 2.39. The van der Waals surface area contributed by atoms with E-state index < -0.39 is 5.43 Å². The molecule has 23 heavy (non-hydrogen) atoms. The van der Waals surface area contributed by atoms with Crippen molar-refractivity contribution in [2.24, 2.45) is 0 Å². The van der Waals surface area contributed by atoms with Gasteiger partial charge in [-0.05, 0) is 17.7 Å². The molecule has 0 atom stereocenters. The quantitative estimate of drug-likeness (QED) is 0.438. The van der Waals surface area contributed by atoms with E-state index >= 15 is 0 Å². The van der Waals surface area contributed by atoms with Crippen molar-refractivity contribution in [1.82, 2.24) is 0 Å². The Labute approximate surface area is 152 Å². The van der Waals surface area contributed by atoms with E-state index in [1.807, 2.05) is 0 Å². The summed E-state index contributed by atoms with van der Waals surface area (Å²) in [7, 11) is 0. The normalized spacial score (nSPS) is 9.39. The van der Waals surface area contributed by atoms with Gasteiger partial charge in [0.25, 0.3) is 0 Å². The molecule has 1 heterocycles. The Hall–Kier alpha value is -2.03. The molecule has 8 heteroatoms. The fourth-order valence-corrected chi connectivity index (χ4v) is 2.06. The second kappa shape index (κ2) is 8.00. The van der Waals surface area contributed by atoms with E-state index in [1.54, 1.807) is 12.1 Å². The molecular weight excluding hydrogens is 315 g/mol. The summed E-state index contributed by atoms with van der Waals surface area (Å²) in [5.41, 5.74) is 0.522. The summed E-state index contributed by atoms with van der Waals surface area (Å²) in [6, 6.07) is 8.40. The number of hydrogen-bond donors (Lipinski definition) is 3. The van der Waals surface area contributed by atoms with Gasteiger partial charge < -0.3 is 30.7 Å². The number of hydrogen-bond acceptors (Lipinski definition) is 5. The summed E-state index contributed by atoms with van der Waals surface area (Å²) in [5.74, 6) is -0.434. The van der Waals surface area contributed by atoms with E-state index in [9.17, 15) is 20.1 Å². The molecule has 2 aromatic carbocycles. The molecule has 0 radical (unpaired) electrons. The van der Waals surface area contributed by atoms with Gasteiger partial charge in [-0.2, -0.15) is 0 Å². The molecular formula is C15H14NaO7+. The van der Waals surface area contributed by atoms with Gasteiger partial charge >= 0.3 is 29.6 Å². The zero-order chi connectivity index (χ0) is 14.3. The van der Waals surface area contributed by atoms with Crippen molar-refractivity contribution in [2.45, 2.75) is 0 Å². The first-order chi connectivity index (χ1) is 9.56. The van der Waals surface area contributed by atoms with Gasteiger partial charge in [-0.25, -0.2) is 0 Å². The van der Waals surface area contributed by atoms with Crippen LogP contribution in [0, 0.1) is 0 Å². The minimum atomic E-state index is -0.408. The van der Waals surface area contributed by atoms with Crippen LogP contribution in [0.1, 0.15) is 0 Å². The molecule has 116 valence electrons. The third kappa shape index (κ3) is 3.84. The van der Waals surface area contributed by atoms with Gasteiger partial charge in [0.2, 0.25) is 5.43 Å². The maximum absolute atomic E-state index is 12.4. The van der Waals surface area contributed by atoms with Gasteiger partial charge in [0.05, 0.1) is 5.56 Å². The zero-order valence-corrected chi connectivity index (χ0v) is 14.2. The van der Waals surface area contributed by atoms with Crippen molar-refractivity contribution in [3.8, 4) is 28.4 Å². The van der Waals surface area contributed by atoms with E-state index in [0.29, 0.717) is 5.56 Å². The predicted octanol–water partition coefficient (Wildman–Crippen LogP) is -2.07. The van der Waals surface area contributed by atoms with Crippen molar-refractivity contribution in [3.63, 3.8) is 0 Å². The first kappa shape index (κ1) is 21.0. The van der Waals surface area contributed by atoms with Crippen LogP contribution in [0.2, 0.25) is 0 Å². The average molecular weight is 329 g/mol. The Morgan fingerprint density at radius 2 is 1.48 bits per heavy atom. The van der Waals surface area contributed by atoms with Crippen molar-refractivity contribution >= 4 is 11.0 Å². The van der Waals surface area contributed by atoms with Crippen LogP contribution in [0.25, 0.3) is 22.1 Å². The van der Waals surface area contributed by atoms with Crippen molar-refractivity contribution < 1.29 is 60.2 Å². The van der Waals surface area contributed by atoms with Gasteiger partial charge in [0, 0.05) is 12.1 Å². The van der Waals surface area contributed by atoms with E-state index in [0.717, 1.165) is 6.07 Å². The van der Waals surface area contributed by atoms with Gasteiger partial charge in [0.15, 0.2) is 0 Å². The largest absolute Gasteiger partial charge is 1.00 e. The molecule has 0 unspecified atom stereocenters. The molecule has 3 aromatic rings. The minimum Gasteiger partial charge on any atom is -0.508 e. The maximum Gasteiger partial charge on any atom is 1.00 e. The molecule has 0 aliphatic carbocycles. The molecule has 0 bridgehead atoms. The summed E-state index contributed by atoms with van der Waals surface area (Å²) in [6.07, 6.45) is 1.26. The van der Waals surface area contributed by atoms with Crippen LogP contribution in [0.15, 0.2) is 51.9 Å². The van der Waals surface area contributed by atoms with Crippen LogP contribution in [-0.2, 0) is 0 Å². The molecule has 0 amide bonds. The molecule has 0 fully saturated rings. The Morgan fingerprint density at radius 1 is 0.870 bits per heavy atom. The third-order valence-corrected chi connectivity index (χ3v) is 3.02. The summed E-state index contributed by atoms with van der Waals surface area (Å²) in [4.78, 5) is 12.4. The third-order valence-electron chi connectivity index (χ3n) is 3.02. The first-order valence-corrected chi connectivity index (χ1v) is 5.83. The van der Waals surface area contributed by atoms with Gasteiger partial charge in [0.1, 0.15) is 34.5 Å². The van der Waals surface area contributed by atoms with E-state index in [2.05, 4.69) is 0 Å². The topological polar surface area (TPSA) is 154 Å². The molecule has 0 aliphatic rings. The number of fused-ring (bicyclic) bond motifs is 1. The van der Waals surface area contributed by atoms with Crippen molar-refractivity contribution in [3.05, 3.63) is 52.9 Å². The minimum absolute atomic E-state index is 0. The smallest absolute Gasteiger partial charge is 0.508 e. The Kier molecular flexibility index (Phi) is 7.29. The molecule has 0 saturated heterocycles. The van der Waals surface area contributed by atoms with Crippen LogP contribution in [-0.4, -0.2) is 26.3 Å². The zero-order valence-electron chi connectivity index (χ0n) is 12.2. The first-order valence-electron chi connectivity index (χ1n) is 5.83. The number of aromatic hydroxyl groups is 3. The van der Waals surface area contributed by atoms with Crippen LogP contribution in [0.5, 0.6) is 17.2 Å². The van der Waals surface area contributed by atoms with Crippen molar-refractivity contribution in [1.29, 1.82) is 0 Å². The summed E-state index contributed by atoms with van der Waals surface area (Å²) in [5, 5.41) is 28.4. The van der Waals surface area contributed by atoms with Crippen LogP contribution in [0.4, 0.5) is 0 Å². The maximum atomic E-state index is 12.4. The summed E-state index contributed by atoms with van der Waals surface area (Å²) in [6.45, 7) is 0. The van der Waals surface area contributed by atoms with Gasteiger partial charge in [-0.1, -0.05) is 12.1 Å². The summed E-state index contributed by atoms with van der Waals surface area (Å²) >= 11 is 0. The molecule has 0 aliphatic heterocycles. The van der Waals surface area contributed by atoms with E-state index in [4.69, 9.17) is 4.42 Å². The predicted molar refractivity (Wildman–Crippen MR) is 80.1 cm³/mol. The number of benzene rings is 2. The Balaban J connectivity index is 0.00000161. The molecule has 3 rings (SSSR count). The summed E-state index contributed by atoms with van der Waals surface area (Å²) < 4.78 is 5.29. The number of phenols is 3. The van der Waals surface area contributed by atoms with Crippen LogP contribution < -0.4 is 35.0 Å². The molecule has 0 saturated carbocycles. The second-order valence-electron chi connectivity index (χ2n) is 4.36. The second-order valence-corrected chi connectivity index (χ2v) is 4.36. The van der Waals surface area contributed by atoms with Crippen LogP contribution in [0.3, 0.4) is 0 Å². The monoisotopic (exact) mass is 329 g/mol. The molecule has 0 spiro atoms. The molecule has 1 aromatic heterocycles. The number of phenolic OH excluding ortho intramolecular Hbond substituents is 3. The Bertz CT molecular complexity index is 856. The number of rotatable bonds is 1. The van der Waals surface area contributed by atoms with Gasteiger partial charge in [-0.3, -0.25) is 4.79 Å². The SMILES string of the molecule is O.O.O=c1c(-c2ccc(O)cc2)coc2cc(O)cc(O)c12.[Na+].